The van der Waals surface area contributed by atoms with Gasteiger partial charge in [-0.05, 0) is 67.3 Å². The molecule has 8 nitrogen and oxygen atoms in total. The Kier molecular flexibility index (Phi) is 6.62. The van der Waals surface area contributed by atoms with Gasteiger partial charge in [-0.2, -0.15) is 0 Å². The lowest BCUT2D eigenvalue weighted by molar-refractivity contribution is -0.138. The predicted molar refractivity (Wildman–Crippen MR) is 115 cm³/mol. The summed E-state index contributed by atoms with van der Waals surface area (Å²) in [6.07, 6.45) is 3.87. The molecule has 172 valence electrons. The minimum absolute atomic E-state index is 0.222. The van der Waals surface area contributed by atoms with Crippen LogP contribution >= 0.6 is 0 Å². The van der Waals surface area contributed by atoms with E-state index in [0.717, 1.165) is 43.4 Å². The summed E-state index contributed by atoms with van der Waals surface area (Å²) in [5.41, 5.74) is 1.20. The Morgan fingerprint density at radius 2 is 1.67 bits per heavy atom. The van der Waals surface area contributed by atoms with Crippen LogP contribution in [0.4, 0.5) is 26.2 Å². The summed E-state index contributed by atoms with van der Waals surface area (Å²) < 4.78 is 32.6. The highest BCUT2D eigenvalue weighted by atomic mass is 19.1. The molecule has 33 heavy (non-hydrogen) atoms. The number of carbonyl (C=O) groups is 2. The van der Waals surface area contributed by atoms with Crippen molar-refractivity contribution in [3.63, 3.8) is 0 Å². The lowest BCUT2D eigenvalue weighted by Crippen LogP contribution is -2.16. The summed E-state index contributed by atoms with van der Waals surface area (Å²) in [5, 5.41) is 21.1. The quantitative estimate of drug-likeness (QED) is 0.453. The number of nitrogens with one attached hydrogen (secondary N) is 2. The van der Waals surface area contributed by atoms with Crippen LogP contribution in [-0.2, 0) is 4.79 Å². The van der Waals surface area contributed by atoms with Gasteiger partial charge in [0.15, 0.2) is 0 Å². The van der Waals surface area contributed by atoms with E-state index in [1.807, 2.05) is 12.1 Å². The van der Waals surface area contributed by atoms with Crippen LogP contribution in [0.2, 0.25) is 0 Å². The summed E-state index contributed by atoms with van der Waals surface area (Å²) in [4.78, 5) is 23.3. The molecule has 0 saturated heterocycles. The molecule has 10 heteroatoms. The average Bonchev–Trinajstić information content (AvgIpc) is 3.26. The van der Waals surface area contributed by atoms with E-state index in [9.17, 15) is 18.4 Å². The molecule has 0 bridgehead atoms. The number of amides is 1. The van der Waals surface area contributed by atoms with E-state index in [2.05, 4.69) is 20.8 Å². The second-order valence-electron chi connectivity index (χ2n) is 8.03. The first kappa shape index (κ1) is 22.4. The summed E-state index contributed by atoms with van der Waals surface area (Å²) >= 11 is 0. The van der Waals surface area contributed by atoms with Crippen LogP contribution in [-0.4, -0.2) is 27.2 Å². The largest absolute Gasteiger partial charge is 0.481 e. The molecule has 0 atom stereocenters. The minimum Gasteiger partial charge on any atom is -0.481 e. The number of carboxylic acid groups (broad SMARTS) is 1. The first-order chi connectivity index (χ1) is 15.9. The third-order valence-corrected chi connectivity index (χ3v) is 5.76. The molecule has 3 aromatic rings. The lowest BCUT2D eigenvalue weighted by atomic mass is 9.77. The van der Waals surface area contributed by atoms with Crippen molar-refractivity contribution in [1.29, 1.82) is 0 Å². The van der Waals surface area contributed by atoms with Gasteiger partial charge in [-0.15, -0.1) is 5.10 Å². The zero-order valence-corrected chi connectivity index (χ0v) is 17.6. The SMILES string of the molecule is O=C(O)CC1CCC(c2ccc(NC(=O)c3nnc(Nc4c(F)cccc4F)o3)cc2)CC1. The number of benzene rings is 2. The van der Waals surface area contributed by atoms with E-state index in [-0.39, 0.29) is 24.2 Å². The third kappa shape index (κ3) is 5.51. The number of aliphatic carboxylic acids is 1. The lowest BCUT2D eigenvalue weighted by Gasteiger charge is -2.28. The molecule has 0 radical (unpaired) electrons. The first-order valence-corrected chi connectivity index (χ1v) is 10.6. The van der Waals surface area contributed by atoms with Crippen molar-refractivity contribution in [2.45, 2.75) is 38.0 Å². The number of anilines is 3. The van der Waals surface area contributed by atoms with Crippen LogP contribution in [0.15, 0.2) is 46.9 Å². The van der Waals surface area contributed by atoms with Crippen molar-refractivity contribution >= 4 is 29.3 Å². The molecular formula is C23H22F2N4O4. The van der Waals surface area contributed by atoms with Gasteiger partial charge >= 0.3 is 23.8 Å². The van der Waals surface area contributed by atoms with E-state index in [0.29, 0.717) is 11.6 Å². The third-order valence-electron chi connectivity index (χ3n) is 5.76. The molecule has 1 aliphatic carbocycles. The molecular weight excluding hydrogens is 434 g/mol. The summed E-state index contributed by atoms with van der Waals surface area (Å²) in [6.45, 7) is 0. The Morgan fingerprint density at radius 1 is 1.00 bits per heavy atom. The van der Waals surface area contributed by atoms with Crippen LogP contribution in [0.25, 0.3) is 0 Å². The zero-order chi connectivity index (χ0) is 23.4. The van der Waals surface area contributed by atoms with Gasteiger partial charge in [-0.3, -0.25) is 9.59 Å². The Morgan fingerprint density at radius 3 is 2.30 bits per heavy atom. The fourth-order valence-corrected chi connectivity index (χ4v) is 4.06. The highest BCUT2D eigenvalue weighted by Gasteiger charge is 2.24. The van der Waals surface area contributed by atoms with Crippen molar-refractivity contribution in [2.24, 2.45) is 5.92 Å². The normalized spacial score (nSPS) is 18.0. The molecule has 3 N–H and O–H groups in total. The maximum atomic E-state index is 13.7. The molecule has 1 aliphatic rings. The van der Waals surface area contributed by atoms with Gasteiger partial charge in [0.05, 0.1) is 0 Å². The Bertz CT molecular complexity index is 1120. The van der Waals surface area contributed by atoms with Crippen LogP contribution < -0.4 is 10.6 Å². The number of para-hydroxylation sites is 1. The minimum atomic E-state index is -0.838. The molecule has 0 unspecified atom stereocenters. The molecule has 1 saturated carbocycles. The van der Waals surface area contributed by atoms with Crippen molar-refractivity contribution in [3.8, 4) is 0 Å². The number of carboxylic acids is 1. The second-order valence-corrected chi connectivity index (χ2v) is 8.03. The molecule has 1 fully saturated rings. The predicted octanol–water partition coefficient (Wildman–Crippen LogP) is 5.09. The van der Waals surface area contributed by atoms with Crippen LogP contribution in [0.3, 0.4) is 0 Å². The maximum Gasteiger partial charge on any atom is 0.320 e. The van der Waals surface area contributed by atoms with Gasteiger partial charge in [0.1, 0.15) is 17.3 Å². The smallest absolute Gasteiger partial charge is 0.320 e. The fraction of sp³-hybridized carbons (Fsp3) is 0.304. The molecule has 0 aliphatic heterocycles. The monoisotopic (exact) mass is 456 g/mol. The van der Waals surface area contributed by atoms with Crippen molar-refractivity contribution in [3.05, 3.63) is 65.6 Å². The summed E-state index contributed by atoms with van der Waals surface area (Å²) in [7, 11) is 0. The number of aromatic nitrogens is 2. The van der Waals surface area contributed by atoms with Gasteiger partial charge < -0.3 is 20.2 Å². The fourth-order valence-electron chi connectivity index (χ4n) is 4.06. The van der Waals surface area contributed by atoms with Crippen LogP contribution in [0.5, 0.6) is 0 Å². The number of hydrogen-bond donors (Lipinski definition) is 3. The van der Waals surface area contributed by atoms with Gasteiger partial charge in [-0.1, -0.05) is 23.3 Å². The number of carbonyl (C=O) groups excluding carboxylic acids is 1. The van der Waals surface area contributed by atoms with Gasteiger partial charge in [0, 0.05) is 12.1 Å². The highest BCUT2D eigenvalue weighted by molar-refractivity contribution is 6.00. The molecule has 1 heterocycles. The van der Waals surface area contributed by atoms with Gasteiger partial charge in [-0.25, -0.2) is 8.78 Å². The Labute approximate surface area is 188 Å². The zero-order valence-electron chi connectivity index (χ0n) is 17.6. The van der Waals surface area contributed by atoms with Crippen LogP contribution in [0.1, 0.15) is 54.3 Å². The number of halogens is 2. The second kappa shape index (κ2) is 9.76. The summed E-state index contributed by atoms with van der Waals surface area (Å²) in [5.74, 6) is -2.85. The molecule has 2 aromatic carbocycles. The van der Waals surface area contributed by atoms with E-state index in [1.165, 1.54) is 6.07 Å². The van der Waals surface area contributed by atoms with E-state index < -0.39 is 29.2 Å². The Hall–Kier alpha value is -3.82. The highest BCUT2D eigenvalue weighted by Crippen LogP contribution is 2.37. The van der Waals surface area contributed by atoms with Crippen molar-refractivity contribution in [2.75, 3.05) is 10.6 Å². The molecule has 1 amide bonds. The molecule has 0 spiro atoms. The van der Waals surface area contributed by atoms with E-state index in [1.54, 1.807) is 12.1 Å². The summed E-state index contributed by atoms with van der Waals surface area (Å²) in [6, 6.07) is 10.4. The number of rotatable bonds is 7. The molecule has 4 rings (SSSR count). The van der Waals surface area contributed by atoms with Crippen molar-refractivity contribution < 1.29 is 27.9 Å². The first-order valence-electron chi connectivity index (χ1n) is 10.6. The van der Waals surface area contributed by atoms with E-state index in [4.69, 9.17) is 9.52 Å². The number of nitrogens with zero attached hydrogens (tertiary/aromatic N) is 2. The molecule has 1 aromatic heterocycles. The number of hydrogen-bond acceptors (Lipinski definition) is 6. The maximum absolute atomic E-state index is 13.7. The van der Waals surface area contributed by atoms with E-state index >= 15 is 0 Å². The average molecular weight is 456 g/mol. The van der Waals surface area contributed by atoms with Gasteiger partial charge in [0.2, 0.25) is 0 Å². The van der Waals surface area contributed by atoms with Crippen LogP contribution in [0, 0.1) is 17.6 Å². The van der Waals surface area contributed by atoms with Crippen molar-refractivity contribution in [1.82, 2.24) is 10.2 Å². The van der Waals surface area contributed by atoms with Gasteiger partial charge in [0.25, 0.3) is 0 Å². The topological polar surface area (TPSA) is 117 Å². The Balaban J connectivity index is 1.33. The standard InChI is InChI=1S/C23H22F2N4O4/c24-17-2-1-3-18(25)20(17)27-23-29-28-22(33-23)21(32)26-16-10-8-15(9-11-16)14-6-4-13(5-7-14)12-19(30)31/h1-3,8-11,13-14H,4-7,12H2,(H,26,32)(H,27,29)(H,30,31).